The molecular formula is C11H18. The minimum atomic E-state index is 1.38. The fraction of sp³-hybridized carbons (Fsp3) is 0.455. The summed E-state index contributed by atoms with van der Waals surface area (Å²) in [6.07, 6.45) is 0. The van der Waals surface area contributed by atoms with Gasteiger partial charge in [-0.15, -0.1) is 0 Å². The van der Waals surface area contributed by atoms with E-state index in [0.717, 1.165) is 0 Å². The first kappa shape index (κ1) is 10.2. The van der Waals surface area contributed by atoms with Gasteiger partial charge in [-0.05, 0) is 37.5 Å². The summed E-state index contributed by atoms with van der Waals surface area (Å²) in [7, 11) is 0. The Balaban J connectivity index is 0.000000461. The molecule has 0 fully saturated rings. The summed E-state index contributed by atoms with van der Waals surface area (Å²) in [6, 6.07) is 6.38. The smallest absolute Gasteiger partial charge is 0.0392 e. The van der Waals surface area contributed by atoms with Crippen LogP contribution in [0.2, 0.25) is 0 Å². The SMILES string of the molecule is CC.Cc1cccc(C)c1C. The molecule has 0 aromatic heterocycles. The summed E-state index contributed by atoms with van der Waals surface area (Å²) in [6.45, 7) is 10.4. The Morgan fingerprint density at radius 1 is 0.818 bits per heavy atom. The van der Waals surface area contributed by atoms with Crippen molar-refractivity contribution in [2.24, 2.45) is 0 Å². The van der Waals surface area contributed by atoms with Crippen LogP contribution in [0.4, 0.5) is 0 Å². The second-order valence-corrected chi connectivity index (χ2v) is 2.52. The average Bonchev–Trinajstić information content (AvgIpc) is 2.04. The molecule has 1 rings (SSSR count). The summed E-state index contributed by atoms with van der Waals surface area (Å²) >= 11 is 0. The molecule has 0 heteroatoms. The van der Waals surface area contributed by atoms with E-state index in [-0.39, 0.29) is 0 Å². The zero-order chi connectivity index (χ0) is 8.85. The molecule has 0 radical (unpaired) electrons. The summed E-state index contributed by atoms with van der Waals surface area (Å²) in [5, 5.41) is 0. The molecule has 0 unspecified atom stereocenters. The lowest BCUT2D eigenvalue weighted by Crippen LogP contribution is -1.82. The largest absolute Gasteiger partial charge is 0.0683 e. The Hall–Kier alpha value is -0.780. The standard InChI is InChI=1S/C9H12.C2H6/c1-7-5-4-6-8(2)9(7)3;1-2/h4-6H,1-3H3;1-2H3. The summed E-state index contributed by atoms with van der Waals surface area (Å²) in [5.41, 5.74) is 4.18. The lowest BCUT2D eigenvalue weighted by atomic mass is 10.1. The maximum Gasteiger partial charge on any atom is -0.0392 e. The highest BCUT2D eigenvalue weighted by Gasteiger charge is 1.91. The maximum absolute atomic E-state index is 2.16. The third-order valence-corrected chi connectivity index (χ3v) is 1.88. The first-order valence-electron chi connectivity index (χ1n) is 4.24. The molecule has 1 aromatic carbocycles. The number of hydrogen-bond donors (Lipinski definition) is 0. The molecule has 0 heterocycles. The first-order chi connectivity index (χ1) is 5.22. The van der Waals surface area contributed by atoms with Crippen LogP contribution >= 0.6 is 0 Å². The maximum atomic E-state index is 2.16. The molecule has 0 spiro atoms. The van der Waals surface area contributed by atoms with Crippen LogP contribution in [0.3, 0.4) is 0 Å². The van der Waals surface area contributed by atoms with Gasteiger partial charge in [-0.3, -0.25) is 0 Å². The lowest BCUT2D eigenvalue weighted by Gasteiger charge is -2.00. The highest BCUT2D eigenvalue weighted by atomic mass is 14.0. The zero-order valence-corrected chi connectivity index (χ0v) is 8.23. The predicted molar refractivity (Wildman–Crippen MR) is 52.0 cm³/mol. The van der Waals surface area contributed by atoms with Crippen LogP contribution in [0.25, 0.3) is 0 Å². The van der Waals surface area contributed by atoms with Gasteiger partial charge in [0.15, 0.2) is 0 Å². The molecule has 0 N–H and O–H groups in total. The van der Waals surface area contributed by atoms with E-state index >= 15 is 0 Å². The third kappa shape index (κ3) is 2.75. The van der Waals surface area contributed by atoms with Gasteiger partial charge in [-0.2, -0.15) is 0 Å². The van der Waals surface area contributed by atoms with Crippen molar-refractivity contribution < 1.29 is 0 Å². The van der Waals surface area contributed by atoms with Gasteiger partial charge in [0.25, 0.3) is 0 Å². The highest BCUT2D eigenvalue weighted by Crippen LogP contribution is 2.09. The van der Waals surface area contributed by atoms with Gasteiger partial charge < -0.3 is 0 Å². The zero-order valence-electron chi connectivity index (χ0n) is 8.23. The monoisotopic (exact) mass is 150 g/mol. The van der Waals surface area contributed by atoms with Gasteiger partial charge in [0.1, 0.15) is 0 Å². The lowest BCUT2D eigenvalue weighted by molar-refractivity contribution is 1.27. The van der Waals surface area contributed by atoms with Crippen molar-refractivity contribution in [1.29, 1.82) is 0 Å². The molecule has 0 aliphatic carbocycles. The Morgan fingerprint density at radius 2 is 1.18 bits per heavy atom. The summed E-state index contributed by atoms with van der Waals surface area (Å²) in [4.78, 5) is 0. The topological polar surface area (TPSA) is 0 Å². The quantitative estimate of drug-likeness (QED) is 0.529. The molecule has 0 amide bonds. The number of aryl methyl sites for hydroxylation is 2. The van der Waals surface area contributed by atoms with E-state index < -0.39 is 0 Å². The number of hydrogen-bond acceptors (Lipinski definition) is 0. The minimum absolute atomic E-state index is 1.38. The van der Waals surface area contributed by atoms with E-state index in [0.29, 0.717) is 0 Å². The van der Waals surface area contributed by atoms with Crippen molar-refractivity contribution >= 4 is 0 Å². The third-order valence-electron chi connectivity index (χ3n) is 1.88. The molecule has 0 saturated carbocycles. The predicted octanol–water partition coefficient (Wildman–Crippen LogP) is 3.64. The number of rotatable bonds is 0. The Bertz CT molecular complexity index is 191. The van der Waals surface area contributed by atoms with Gasteiger partial charge in [-0.25, -0.2) is 0 Å². The van der Waals surface area contributed by atoms with E-state index in [2.05, 4.69) is 39.0 Å². The molecule has 0 saturated heterocycles. The van der Waals surface area contributed by atoms with Crippen LogP contribution < -0.4 is 0 Å². The van der Waals surface area contributed by atoms with Crippen molar-refractivity contribution in [3.63, 3.8) is 0 Å². The van der Waals surface area contributed by atoms with E-state index in [4.69, 9.17) is 0 Å². The van der Waals surface area contributed by atoms with Crippen LogP contribution in [0.5, 0.6) is 0 Å². The van der Waals surface area contributed by atoms with Gasteiger partial charge in [-0.1, -0.05) is 32.0 Å². The molecule has 0 aliphatic rings. The van der Waals surface area contributed by atoms with Crippen LogP contribution in [0.15, 0.2) is 18.2 Å². The van der Waals surface area contributed by atoms with Crippen molar-refractivity contribution in [3.8, 4) is 0 Å². The Labute approximate surface area is 70.3 Å². The molecule has 0 aliphatic heterocycles. The van der Waals surface area contributed by atoms with E-state index in [9.17, 15) is 0 Å². The van der Waals surface area contributed by atoms with Crippen LogP contribution in [-0.4, -0.2) is 0 Å². The Kier molecular flexibility index (Phi) is 4.60. The normalized spacial score (nSPS) is 8.45. The molecule has 62 valence electrons. The second-order valence-electron chi connectivity index (χ2n) is 2.52. The van der Waals surface area contributed by atoms with Gasteiger partial charge in [0, 0.05) is 0 Å². The van der Waals surface area contributed by atoms with Gasteiger partial charge in [0.2, 0.25) is 0 Å². The van der Waals surface area contributed by atoms with Crippen molar-refractivity contribution in [2.75, 3.05) is 0 Å². The fourth-order valence-electron chi connectivity index (χ4n) is 0.898. The van der Waals surface area contributed by atoms with Crippen molar-refractivity contribution in [2.45, 2.75) is 34.6 Å². The highest BCUT2D eigenvalue weighted by molar-refractivity contribution is 5.31. The average molecular weight is 150 g/mol. The van der Waals surface area contributed by atoms with E-state index in [1.807, 2.05) is 13.8 Å². The summed E-state index contributed by atoms with van der Waals surface area (Å²) in [5.74, 6) is 0. The van der Waals surface area contributed by atoms with Crippen molar-refractivity contribution in [1.82, 2.24) is 0 Å². The molecular weight excluding hydrogens is 132 g/mol. The molecule has 0 bridgehead atoms. The van der Waals surface area contributed by atoms with Gasteiger partial charge >= 0.3 is 0 Å². The minimum Gasteiger partial charge on any atom is -0.0683 e. The Morgan fingerprint density at radius 3 is 1.45 bits per heavy atom. The summed E-state index contributed by atoms with van der Waals surface area (Å²) < 4.78 is 0. The van der Waals surface area contributed by atoms with Crippen LogP contribution in [0.1, 0.15) is 30.5 Å². The first-order valence-corrected chi connectivity index (χ1v) is 4.24. The fourth-order valence-corrected chi connectivity index (χ4v) is 0.898. The molecule has 11 heavy (non-hydrogen) atoms. The van der Waals surface area contributed by atoms with Gasteiger partial charge in [0.05, 0.1) is 0 Å². The van der Waals surface area contributed by atoms with Crippen LogP contribution in [0, 0.1) is 20.8 Å². The van der Waals surface area contributed by atoms with E-state index in [1.165, 1.54) is 16.7 Å². The van der Waals surface area contributed by atoms with E-state index in [1.54, 1.807) is 0 Å². The van der Waals surface area contributed by atoms with Crippen LogP contribution in [-0.2, 0) is 0 Å². The molecule has 0 atom stereocenters. The second kappa shape index (κ2) is 4.95. The molecule has 0 nitrogen and oxygen atoms in total. The van der Waals surface area contributed by atoms with Crippen molar-refractivity contribution in [3.05, 3.63) is 34.9 Å². The molecule has 1 aromatic rings. The number of benzene rings is 1.